The fourth-order valence-corrected chi connectivity index (χ4v) is 4.50. The Labute approximate surface area is 171 Å². The fourth-order valence-electron chi connectivity index (χ4n) is 2.29. The molecule has 2 aromatic rings. The van der Waals surface area contributed by atoms with Crippen LogP contribution in [0.3, 0.4) is 0 Å². The lowest BCUT2D eigenvalue weighted by molar-refractivity contribution is 0.237. The van der Waals surface area contributed by atoms with E-state index >= 15 is 0 Å². The molecular formula is C23H28O2S2. The molecule has 144 valence electrons. The van der Waals surface area contributed by atoms with E-state index in [1.165, 1.54) is 11.8 Å². The number of allylic oxidation sites excluding steroid dienone is 1. The van der Waals surface area contributed by atoms with Crippen molar-refractivity contribution in [2.75, 3.05) is 6.61 Å². The Morgan fingerprint density at radius 3 is 1.85 bits per heavy atom. The lowest BCUT2D eigenvalue weighted by atomic mass is 9.95. The first-order chi connectivity index (χ1) is 12.9. The molecule has 2 rings (SSSR count). The van der Waals surface area contributed by atoms with Crippen molar-refractivity contribution in [2.24, 2.45) is 5.41 Å². The van der Waals surface area contributed by atoms with Crippen molar-refractivity contribution in [1.29, 1.82) is 0 Å². The molecule has 2 aromatic carbocycles. The summed E-state index contributed by atoms with van der Waals surface area (Å²) < 4.78 is 5.54. The third kappa shape index (κ3) is 7.87. The summed E-state index contributed by atoms with van der Waals surface area (Å²) in [5.74, 6) is 0. The lowest BCUT2D eigenvalue weighted by Crippen LogP contribution is -2.14. The highest BCUT2D eigenvalue weighted by atomic mass is 32.2. The molecule has 0 aliphatic carbocycles. The SMILES string of the molecule is CCO/C=C(\Sc1ccccc1)C(O)/C(=C/C(C)(C)C)Sc1ccccc1. The molecule has 27 heavy (non-hydrogen) atoms. The van der Waals surface area contributed by atoms with E-state index in [9.17, 15) is 5.11 Å². The minimum atomic E-state index is -0.744. The summed E-state index contributed by atoms with van der Waals surface area (Å²) in [5.41, 5.74) is -0.0494. The second kappa shape index (κ2) is 10.6. The molecule has 0 saturated heterocycles. The van der Waals surface area contributed by atoms with Crippen LogP contribution in [-0.4, -0.2) is 17.8 Å². The van der Waals surface area contributed by atoms with Gasteiger partial charge in [0.25, 0.3) is 0 Å². The summed E-state index contributed by atoms with van der Waals surface area (Å²) in [5, 5.41) is 11.2. The van der Waals surface area contributed by atoms with Gasteiger partial charge in [0.15, 0.2) is 0 Å². The molecule has 0 aliphatic heterocycles. The predicted molar refractivity (Wildman–Crippen MR) is 118 cm³/mol. The summed E-state index contributed by atoms with van der Waals surface area (Å²) >= 11 is 3.13. The van der Waals surface area contributed by atoms with Crippen LogP contribution in [0, 0.1) is 5.41 Å². The molecule has 0 heterocycles. The molecular weight excluding hydrogens is 372 g/mol. The van der Waals surface area contributed by atoms with Crippen molar-refractivity contribution in [3.8, 4) is 0 Å². The van der Waals surface area contributed by atoms with Crippen LogP contribution in [0.25, 0.3) is 0 Å². The van der Waals surface area contributed by atoms with Crippen molar-refractivity contribution < 1.29 is 9.84 Å². The largest absolute Gasteiger partial charge is 0.501 e. The molecule has 0 aliphatic rings. The van der Waals surface area contributed by atoms with E-state index < -0.39 is 6.10 Å². The molecule has 1 N–H and O–H groups in total. The Morgan fingerprint density at radius 1 is 0.926 bits per heavy atom. The Balaban J connectivity index is 2.33. The number of hydrogen-bond donors (Lipinski definition) is 1. The number of aliphatic hydroxyl groups excluding tert-OH is 1. The van der Waals surface area contributed by atoms with Crippen LogP contribution >= 0.6 is 23.5 Å². The van der Waals surface area contributed by atoms with Gasteiger partial charge in [0.2, 0.25) is 0 Å². The van der Waals surface area contributed by atoms with Gasteiger partial charge in [-0.05, 0) is 36.6 Å². The average molecular weight is 401 g/mol. The highest BCUT2D eigenvalue weighted by molar-refractivity contribution is 8.04. The van der Waals surface area contributed by atoms with Crippen LogP contribution in [0.15, 0.2) is 92.6 Å². The molecule has 4 heteroatoms. The Kier molecular flexibility index (Phi) is 8.55. The first-order valence-electron chi connectivity index (χ1n) is 9.07. The van der Waals surface area contributed by atoms with Crippen LogP contribution in [0.1, 0.15) is 27.7 Å². The zero-order chi connectivity index (χ0) is 19.7. The molecule has 0 saturated carbocycles. The number of rotatable bonds is 8. The summed E-state index contributed by atoms with van der Waals surface area (Å²) in [6.45, 7) is 8.93. The third-order valence-corrected chi connectivity index (χ3v) is 5.59. The molecule has 1 atom stereocenters. The van der Waals surface area contributed by atoms with Crippen molar-refractivity contribution in [2.45, 2.75) is 43.6 Å². The minimum Gasteiger partial charge on any atom is -0.501 e. The van der Waals surface area contributed by atoms with Crippen LogP contribution in [-0.2, 0) is 4.74 Å². The van der Waals surface area contributed by atoms with Gasteiger partial charge >= 0.3 is 0 Å². The Morgan fingerprint density at radius 2 is 1.41 bits per heavy atom. The molecule has 0 amide bonds. The summed E-state index contributed by atoms with van der Waals surface area (Å²) in [6.07, 6.45) is 3.08. The van der Waals surface area contributed by atoms with Gasteiger partial charge in [-0.25, -0.2) is 0 Å². The topological polar surface area (TPSA) is 29.5 Å². The van der Waals surface area contributed by atoms with Gasteiger partial charge in [0.1, 0.15) is 6.10 Å². The van der Waals surface area contributed by atoms with Gasteiger partial charge in [-0.2, -0.15) is 0 Å². The van der Waals surface area contributed by atoms with Crippen molar-refractivity contribution >= 4 is 23.5 Å². The first kappa shape index (κ1) is 21.7. The van der Waals surface area contributed by atoms with Crippen molar-refractivity contribution in [3.05, 3.63) is 82.8 Å². The van der Waals surface area contributed by atoms with Crippen LogP contribution < -0.4 is 0 Å². The second-order valence-electron chi connectivity index (χ2n) is 7.12. The van der Waals surface area contributed by atoms with E-state index in [4.69, 9.17) is 4.74 Å². The van der Waals surface area contributed by atoms with E-state index in [-0.39, 0.29) is 5.41 Å². The summed E-state index contributed by atoms with van der Waals surface area (Å²) in [7, 11) is 0. The van der Waals surface area contributed by atoms with Crippen LogP contribution in [0.2, 0.25) is 0 Å². The van der Waals surface area contributed by atoms with Gasteiger partial charge in [-0.3, -0.25) is 0 Å². The summed E-state index contributed by atoms with van der Waals surface area (Å²) in [6, 6.07) is 20.2. The monoisotopic (exact) mass is 400 g/mol. The van der Waals surface area contributed by atoms with Crippen LogP contribution in [0.4, 0.5) is 0 Å². The maximum atomic E-state index is 11.2. The van der Waals surface area contributed by atoms with E-state index in [2.05, 4.69) is 39.0 Å². The molecule has 0 aromatic heterocycles. The normalized spacial score (nSPS) is 14.1. The highest BCUT2D eigenvalue weighted by Crippen LogP contribution is 2.39. The second-order valence-corrected chi connectivity index (χ2v) is 9.41. The quantitative estimate of drug-likeness (QED) is 0.392. The number of ether oxygens (including phenoxy) is 1. The maximum absolute atomic E-state index is 11.2. The van der Waals surface area contributed by atoms with Crippen molar-refractivity contribution in [3.63, 3.8) is 0 Å². The number of hydrogen-bond acceptors (Lipinski definition) is 4. The zero-order valence-corrected chi connectivity index (χ0v) is 18.0. The van der Waals surface area contributed by atoms with E-state index in [1.54, 1.807) is 18.0 Å². The molecule has 1 unspecified atom stereocenters. The van der Waals surface area contributed by atoms with Gasteiger partial charge < -0.3 is 9.84 Å². The maximum Gasteiger partial charge on any atom is 0.119 e. The van der Waals surface area contributed by atoms with Crippen molar-refractivity contribution in [1.82, 2.24) is 0 Å². The number of aliphatic hydroxyl groups is 1. The predicted octanol–water partition coefficient (Wildman–Crippen LogP) is 6.74. The Hall–Kier alpha value is -1.62. The molecule has 0 fully saturated rings. The zero-order valence-electron chi connectivity index (χ0n) is 16.4. The lowest BCUT2D eigenvalue weighted by Gasteiger charge is -2.22. The molecule has 0 radical (unpaired) electrons. The van der Waals surface area contributed by atoms with Gasteiger partial charge in [-0.1, -0.05) is 86.8 Å². The molecule has 2 nitrogen and oxygen atoms in total. The smallest absolute Gasteiger partial charge is 0.119 e. The first-order valence-corrected chi connectivity index (χ1v) is 10.7. The van der Waals surface area contributed by atoms with Gasteiger partial charge in [0, 0.05) is 14.7 Å². The third-order valence-electron chi connectivity index (χ3n) is 3.44. The Bertz CT molecular complexity index is 747. The standard InChI is InChI=1S/C23H28O2S2/c1-5-25-17-21(27-19-14-10-7-11-15-19)22(24)20(16-23(2,3)4)26-18-12-8-6-9-13-18/h6-17,22,24H,5H2,1-4H3/b20-16-,21-17-. The van der Waals surface area contributed by atoms with Gasteiger partial charge in [-0.15, -0.1) is 0 Å². The molecule has 0 bridgehead atoms. The minimum absolute atomic E-state index is 0.0494. The molecule has 0 spiro atoms. The van der Waals surface area contributed by atoms with Gasteiger partial charge in [0.05, 0.1) is 17.8 Å². The summed E-state index contributed by atoms with van der Waals surface area (Å²) in [4.78, 5) is 3.86. The van der Waals surface area contributed by atoms with E-state index in [0.717, 1.165) is 19.6 Å². The van der Waals surface area contributed by atoms with E-state index in [1.807, 2.05) is 55.5 Å². The average Bonchev–Trinajstić information content (AvgIpc) is 2.64. The number of thioether (sulfide) groups is 2. The highest BCUT2D eigenvalue weighted by Gasteiger charge is 2.22. The van der Waals surface area contributed by atoms with E-state index in [0.29, 0.717) is 6.61 Å². The fraction of sp³-hybridized carbons (Fsp3) is 0.304. The number of benzene rings is 2. The van der Waals surface area contributed by atoms with Crippen LogP contribution in [0.5, 0.6) is 0 Å².